The molecule has 0 spiro atoms. The number of rotatable bonds is 10. The number of halogens is 1. The number of hydrogen-bond donors (Lipinski definition) is 3. The van der Waals surface area contributed by atoms with Crippen molar-refractivity contribution in [1.29, 1.82) is 0 Å². The number of aromatic nitrogens is 2. The lowest BCUT2D eigenvalue weighted by Crippen LogP contribution is -2.38. The summed E-state index contributed by atoms with van der Waals surface area (Å²) < 4.78 is 5.22. The highest BCUT2D eigenvalue weighted by Crippen LogP contribution is 2.21. The van der Waals surface area contributed by atoms with E-state index in [1.807, 2.05) is 18.3 Å². The molecular weight excluding hydrogens is 465 g/mol. The number of benzene rings is 1. The second kappa shape index (κ2) is 13.4. The lowest BCUT2D eigenvalue weighted by Gasteiger charge is -2.15. The lowest BCUT2D eigenvalue weighted by atomic mass is 9.98. The molecule has 0 aliphatic rings. The minimum atomic E-state index is 0. The Balaban J connectivity index is 0.00000392. The number of guanidine groups is 1. The molecule has 0 fully saturated rings. The first-order chi connectivity index (χ1) is 13.1. The second-order valence-corrected chi connectivity index (χ2v) is 6.77. The summed E-state index contributed by atoms with van der Waals surface area (Å²) in [5.41, 5.74) is 3.75. The van der Waals surface area contributed by atoms with Crippen molar-refractivity contribution in [2.75, 3.05) is 26.7 Å². The number of H-pyrrole nitrogens is 1. The first-order valence-corrected chi connectivity index (χ1v) is 9.79. The molecule has 0 aliphatic carbocycles. The largest absolute Gasteiger partial charge is 0.497 e. The number of methoxy groups -OCH3 is 1. The highest BCUT2D eigenvalue weighted by molar-refractivity contribution is 14.0. The molecule has 0 bridgehead atoms. The van der Waals surface area contributed by atoms with Crippen molar-refractivity contribution in [3.63, 3.8) is 0 Å². The summed E-state index contributed by atoms with van der Waals surface area (Å²) >= 11 is 0. The van der Waals surface area contributed by atoms with Crippen LogP contribution in [0.25, 0.3) is 0 Å². The molecule has 3 N–H and O–H groups in total. The number of nitrogens with zero attached hydrogens (tertiary/aromatic N) is 2. The standard InChI is InChI=1S/C21H33N5O.HI/c1-5-22-21(23-13-6-7-19-15-25-26-17(19)3)24-14-12-16(2)18-8-10-20(27-4)11-9-18;/h8-11,15-16H,5-7,12-14H2,1-4H3,(H,25,26)(H2,22,23,24);1H. The Morgan fingerprint density at radius 2 is 2.00 bits per heavy atom. The average Bonchev–Trinajstić information content (AvgIpc) is 3.10. The van der Waals surface area contributed by atoms with Crippen LogP contribution in [0.1, 0.15) is 49.4 Å². The van der Waals surface area contributed by atoms with E-state index in [1.165, 1.54) is 11.1 Å². The normalized spacial score (nSPS) is 12.2. The van der Waals surface area contributed by atoms with E-state index in [0.717, 1.165) is 56.3 Å². The smallest absolute Gasteiger partial charge is 0.191 e. The lowest BCUT2D eigenvalue weighted by molar-refractivity contribution is 0.414. The topological polar surface area (TPSA) is 74.3 Å². The van der Waals surface area contributed by atoms with Crippen LogP contribution in [0.4, 0.5) is 0 Å². The zero-order valence-corrected chi connectivity index (χ0v) is 19.7. The maximum atomic E-state index is 5.22. The highest BCUT2D eigenvalue weighted by Gasteiger charge is 2.06. The quantitative estimate of drug-likeness (QED) is 0.200. The third-order valence-corrected chi connectivity index (χ3v) is 4.71. The summed E-state index contributed by atoms with van der Waals surface area (Å²) in [6.45, 7) is 8.95. The fourth-order valence-electron chi connectivity index (χ4n) is 2.94. The maximum Gasteiger partial charge on any atom is 0.191 e. The molecule has 0 amide bonds. The van der Waals surface area contributed by atoms with Crippen LogP contribution >= 0.6 is 24.0 Å². The average molecular weight is 499 g/mol. The maximum absolute atomic E-state index is 5.22. The summed E-state index contributed by atoms with van der Waals surface area (Å²) in [5.74, 6) is 2.27. The van der Waals surface area contributed by atoms with Crippen molar-refractivity contribution >= 4 is 29.9 Å². The minimum absolute atomic E-state index is 0. The SMILES string of the molecule is CCNC(=NCCCc1cn[nH]c1C)NCCC(C)c1ccc(OC)cc1.I. The second-order valence-electron chi connectivity index (χ2n) is 6.77. The van der Waals surface area contributed by atoms with E-state index in [9.17, 15) is 0 Å². The van der Waals surface area contributed by atoms with Crippen molar-refractivity contribution in [1.82, 2.24) is 20.8 Å². The van der Waals surface area contributed by atoms with Gasteiger partial charge in [0.2, 0.25) is 0 Å². The van der Waals surface area contributed by atoms with Crippen molar-refractivity contribution in [3.05, 3.63) is 47.3 Å². The molecule has 0 saturated heterocycles. The van der Waals surface area contributed by atoms with Gasteiger partial charge in [-0.15, -0.1) is 24.0 Å². The van der Waals surface area contributed by atoms with E-state index < -0.39 is 0 Å². The van der Waals surface area contributed by atoms with Crippen molar-refractivity contribution < 1.29 is 4.74 Å². The predicted molar refractivity (Wildman–Crippen MR) is 127 cm³/mol. The van der Waals surface area contributed by atoms with Gasteiger partial charge in [-0.1, -0.05) is 19.1 Å². The third-order valence-electron chi connectivity index (χ3n) is 4.71. The molecule has 1 aromatic heterocycles. The molecule has 1 heterocycles. The van der Waals surface area contributed by atoms with Crippen molar-refractivity contribution in [3.8, 4) is 5.75 Å². The summed E-state index contributed by atoms with van der Waals surface area (Å²) in [7, 11) is 1.69. The van der Waals surface area contributed by atoms with Crippen LogP contribution in [0.5, 0.6) is 5.75 Å². The molecule has 1 unspecified atom stereocenters. The monoisotopic (exact) mass is 499 g/mol. The first-order valence-electron chi connectivity index (χ1n) is 9.79. The Morgan fingerprint density at radius 1 is 1.25 bits per heavy atom. The Morgan fingerprint density at radius 3 is 2.61 bits per heavy atom. The van der Waals surface area contributed by atoms with E-state index in [4.69, 9.17) is 4.74 Å². The Kier molecular flexibility index (Phi) is 11.6. The number of aryl methyl sites for hydroxylation is 2. The van der Waals surface area contributed by atoms with Gasteiger partial charge in [0, 0.05) is 25.3 Å². The summed E-state index contributed by atoms with van der Waals surface area (Å²) in [6, 6.07) is 8.32. The van der Waals surface area contributed by atoms with Gasteiger partial charge >= 0.3 is 0 Å². The highest BCUT2D eigenvalue weighted by atomic mass is 127. The summed E-state index contributed by atoms with van der Waals surface area (Å²) in [4.78, 5) is 4.68. The van der Waals surface area contributed by atoms with E-state index in [0.29, 0.717) is 5.92 Å². The molecule has 1 aromatic carbocycles. The van der Waals surface area contributed by atoms with Gasteiger partial charge in [0.15, 0.2) is 5.96 Å². The zero-order valence-electron chi connectivity index (χ0n) is 17.4. The molecule has 28 heavy (non-hydrogen) atoms. The van der Waals surface area contributed by atoms with Gasteiger partial charge in [-0.25, -0.2) is 0 Å². The van der Waals surface area contributed by atoms with Gasteiger partial charge in [0.25, 0.3) is 0 Å². The summed E-state index contributed by atoms with van der Waals surface area (Å²) in [6.07, 6.45) is 4.97. The van der Waals surface area contributed by atoms with Crippen LogP contribution in [0.3, 0.4) is 0 Å². The Hall–Kier alpha value is -1.77. The predicted octanol–water partition coefficient (Wildman–Crippen LogP) is 4.03. The van der Waals surface area contributed by atoms with Gasteiger partial charge in [-0.05, 0) is 62.3 Å². The molecule has 0 saturated carbocycles. The minimum Gasteiger partial charge on any atom is -0.497 e. The van der Waals surface area contributed by atoms with E-state index in [2.05, 4.69) is 58.7 Å². The molecule has 7 heteroatoms. The number of ether oxygens (including phenoxy) is 1. The van der Waals surface area contributed by atoms with Crippen LogP contribution in [-0.2, 0) is 6.42 Å². The fraction of sp³-hybridized carbons (Fsp3) is 0.524. The molecular formula is C21H34IN5O. The molecule has 2 rings (SSSR count). The fourth-order valence-corrected chi connectivity index (χ4v) is 2.94. The first kappa shape index (κ1) is 24.3. The molecule has 1 atom stereocenters. The van der Waals surface area contributed by atoms with E-state index in [1.54, 1.807) is 7.11 Å². The molecule has 2 aromatic rings. The Labute approximate surface area is 186 Å². The summed E-state index contributed by atoms with van der Waals surface area (Å²) in [5, 5.41) is 13.8. The molecule has 0 aliphatic heterocycles. The number of aromatic amines is 1. The Bertz CT molecular complexity index is 699. The van der Waals surface area contributed by atoms with Gasteiger partial charge < -0.3 is 15.4 Å². The number of nitrogens with one attached hydrogen (secondary N) is 3. The van der Waals surface area contributed by atoms with Crippen LogP contribution in [0.15, 0.2) is 35.5 Å². The third kappa shape index (κ3) is 8.08. The van der Waals surface area contributed by atoms with E-state index in [-0.39, 0.29) is 24.0 Å². The van der Waals surface area contributed by atoms with Crippen LogP contribution in [0, 0.1) is 6.92 Å². The van der Waals surface area contributed by atoms with Gasteiger partial charge in [0.05, 0.1) is 13.3 Å². The van der Waals surface area contributed by atoms with Gasteiger partial charge in [-0.2, -0.15) is 5.10 Å². The zero-order chi connectivity index (χ0) is 19.5. The van der Waals surface area contributed by atoms with Gasteiger partial charge in [-0.3, -0.25) is 10.1 Å². The molecule has 0 radical (unpaired) electrons. The molecule has 6 nitrogen and oxygen atoms in total. The molecule has 156 valence electrons. The number of hydrogen-bond acceptors (Lipinski definition) is 3. The van der Waals surface area contributed by atoms with Crippen molar-refractivity contribution in [2.24, 2.45) is 4.99 Å². The van der Waals surface area contributed by atoms with E-state index >= 15 is 0 Å². The van der Waals surface area contributed by atoms with Crippen LogP contribution in [0.2, 0.25) is 0 Å². The number of aliphatic imine (C=N–C) groups is 1. The van der Waals surface area contributed by atoms with Crippen LogP contribution < -0.4 is 15.4 Å². The van der Waals surface area contributed by atoms with Crippen LogP contribution in [-0.4, -0.2) is 42.9 Å². The van der Waals surface area contributed by atoms with Gasteiger partial charge in [0.1, 0.15) is 5.75 Å². The van der Waals surface area contributed by atoms with Crippen molar-refractivity contribution in [2.45, 2.75) is 46.0 Å².